The summed E-state index contributed by atoms with van der Waals surface area (Å²) in [6, 6.07) is 0.477. The minimum absolute atomic E-state index is 0.000667. The number of ether oxygens (including phenoxy) is 1. The third-order valence-electron chi connectivity index (χ3n) is 3.56. The van der Waals surface area contributed by atoms with E-state index in [1.165, 1.54) is 25.7 Å². The fourth-order valence-corrected chi connectivity index (χ4v) is 2.95. The van der Waals surface area contributed by atoms with Gasteiger partial charge < -0.3 is 9.64 Å². The molecular weight excluding hydrogens is 190 g/mol. The van der Waals surface area contributed by atoms with Crippen LogP contribution in [0, 0.1) is 5.92 Å². The van der Waals surface area contributed by atoms with Crippen LogP contribution in [0.5, 0.6) is 0 Å². The van der Waals surface area contributed by atoms with Crippen LogP contribution in [-0.2, 0) is 4.74 Å². The Morgan fingerprint density at radius 3 is 2.73 bits per heavy atom. The van der Waals surface area contributed by atoms with Crippen LogP contribution in [0.2, 0.25) is 0 Å². The number of amides is 1. The Morgan fingerprint density at radius 1 is 1.27 bits per heavy atom. The molecule has 0 aromatic carbocycles. The van der Waals surface area contributed by atoms with Gasteiger partial charge in [-0.05, 0) is 45.4 Å². The highest BCUT2D eigenvalue weighted by atomic mass is 16.6. The van der Waals surface area contributed by atoms with Gasteiger partial charge in [0.05, 0.1) is 6.10 Å². The summed E-state index contributed by atoms with van der Waals surface area (Å²) >= 11 is 0. The quantitative estimate of drug-likeness (QED) is 0.667. The third kappa shape index (κ3) is 2.27. The number of nitrogens with zero attached hydrogens (tertiary/aromatic N) is 1. The molecule has 0 aromatic heterocycles. The van der Waals surface area contributed by atoms with Crippen molar-refractivity contribution >= 4 is 6.09 Å². The molecule has 1 saturated heterocycles. The average molecular weight is 211 g/mol. The molecule has 1 aliphatic heterocycles. The summed E-state index contributed by atoms with van der Waals surface area (Å²) in [6.45, 7) is 4.72. The second-order valence-corrected chi connectivity index (χ2v) is 5.03. The zero-order valence-corrected chi connectivity index (χ0v) is 9.74. The molecule has 2 fully saturated rings. The minimum Gasteiger partial charge on any atom is -0.447 e. The van der Waals surface area contributed by atoms with Gasteiger partial charge in [-0.1, -0.05) is 6.42 Å². The molecule has 3 heteroatoms. The van der Waals surface area contributed by atoms with E-state index in [1.807, 2.05) is 18.7 Å². The highest BCUT2D eigenvalue weighted by molar-refractivity contribution is 5.68. The first-order valence-electron chi connectivity index (χ1n) is 6.15. The molecule has 1 heterocycles. The number of piperidine rings is 1. The Labute approximate surface area is 91.8 Å². The van der Waals surface area contributed by atoms with Gasteiger partial charge in [-0.25, -0.2) is 4.79 Å². The average Bonchev–Trinajstić information content (AvgIpc) is 2.63. The molecule has 0 bridgehead atoms. The van der Waals surface area contributed by atoms with Gasteiger partial charge in [0.2, 0.25) is 0 Å². The highest BCUT2D eigenvalue weighted by Gasteiger charge is 2.38. The van der Waals surface area contributed by atoms with Crippen LogP contribution in [0.3, 0.4) is 0 Å². The molecule has 0 N–H and O–H groups in total. The molecule has 2 rings (SSSR count). The van der Waals surface area contributed by atoms with Crippen LogP contribution in [-0.4, -0.2) is 29.7 Å². The van der Waals surface area contributed by atoms with Crippen molar-refractivity contribution in [3.05, 3.63) is 0 Å². The van der Waals surface area contributed by atoms with Crippen molar-refractivity contribution in [3.63, 3.8) is 0 Å². The second-order valence-electron chi connectivity index (χ2n) is 5.03. The fraction of sp³-hybridized carbons (Fsp3) is 0.917. The van der Waals surface area contributed by atoms with Gasteiger partial charge in [0.25, 0.3) is 0 Å². The van der Waals surface area contributed by atoms with E-state index in [0.29, 0.717) is 6.04 Å². The van der Waals surface area contributed by atoms with E-state index in [9.17, 15) is 4.79 Å². The predicted octanol–water partition coefficient (Wildman–Crippen LogP) is 2.80. The molecule has 0 radical (unpaired) electrons. The van der Waals surface area contributed by atoms with E-state index in [4.69, 9.17) is 4.74 Å². The molecule has 2 aliphatic rings. The first-order valence-corrected chi connectivity index (χ1v) is 6.15. The number of hydrogen-bond acceptors (Lipinski definition) is 2. The van der Waals surface area contributed by atoms with Crippen molar-refractivity contribution in [1.82, 2.24) is 4.90 Å². The summed E-state index contributed by atoms with van der Waals surface area (Å²) in [4.78, 5) is 13.8. The number of fused-ring (bicyclic) bond motifs is 1. The van der Waals surface area contributed by atoms with Gasteiger partial charge in [0, 0.05) is 12.6 Å². The molecular formula is C12H21NO2. The van der Waals surface area contributed by atoms with E-state index < -0.39 is 0 Å². The molecule has 2 unspecified atom stereocenters. The van der Waals surface area contributed by atoms with Crippen molar-refractivity contribution in [1.29, 1.82) is 0 Å². The number of hydrogen-bond donors (Lipinski definition) is 0. The number of carbonyl (C=O) groups excluding carboxylic acids is 1. The van der Waals surface area contributed by atoms with Gasteiger partial charge in [-0.3, -0.25) is 0 Å². The lowest BCUT2D eigenvalue weighted by Gasteiger charge is -2.37. The van der Waals surface area contributed by atoms with Crippen LogP contribution in [0.4, 0.5) is 4.79 Å². The van der Waals surface area contributed by atoms with Crippen molar-refractivity contribution in [3.8, 4) is 0 Å². The molecule has 2 atom stereocenters. The van der Waals surface area contributed by atoms with Crippen molar-refractivity contribution in [2.45, 2.75) is 58.1 Å². The molecule has 0 spiro atoms. The Bertz CT molecular complexity index is 240. The monoisotopic (exact) mass is 211 g/mol. The van der Waals surface area contributed by atoms with Gasteiger partial charge in [-0.15, -0.1) is 0 Å². The van der Waals surface area contributed by atoms with Crippen LogP contribution >= 0.6 is 0 Å². The van der Waals surface area contributed by atoms with E-state index in [1.54, 1.807) is 0 Å². The van der Waals surface area contributed by atoms with Gasteiger partial charge >= 0.3 is 6.09 Å². The molecule has 1 saturated carbocycles. The van der Waals surface area contributed by atoms with E-state index in [2.05, 4.69) is 0 Å². The summed E-state index contributed by atoms with van der Waals surface area (Å²) in [6.07, 6.45) is 6.11. The lowest BCUT2D eigenvalue weighted by molar-refractivity contribution is 0.0436. The summed E-state index contributed by atoms with van der Waals surface area (Å²) in [7, 11) is 0. The third-order valence-corrected chi connectivity index (χ3v) is 3.56. The van der Waals surface area contributed by atoms with Crippen LogP contribution in [0.1, 0.15) is 46.0 Å². The Balaban J connectivity index is 1.98. The number of rotatable bonds is 1. The van der Waals surface area contributed by atoms with E-state index >= 15 is 0 Å². The largest absolute Gasteiger partial charge is 0.447 e. The lowest BCUT2D eigenvalue weighted by atomic mass is 9.92. The molecule has 1 amide bonds. The molecule has 0 aromatic rings. The summed E-state index contributed by atoms with van der Waals surface area (Å²) in [5.41, 5.74) is 0. The smallest absolute Gasteiger partial charge is 0.410 e. The highest BCUT2D eigenvalue weighted by Crippen LogP contribution is 2.36. The standard InChI is InChI=1S/C12H21NO2/c1-9(2)15-12(14)13-8-4-6-10-5-3-7-11(10)13/h9-11H,3-8H2,1-2H3. The fourth-order valence-electron chi connectivity index (χ4n) is 2.95. The maximum Gasteiger partial charge on any atom is 0.410 e. The second kappa shape index (κ2) is 4.42. The Morgan fingerprint density at radius 2 is 2.00 bits per heavy atom. The zero-order chi connectivity index (χ0) is 10.8. The van der Waals surface area contributed by atoms with Crippen LogP contribution in [0.15, 0.2) is 0 Å². The number of carbonyl (C=O) groups is 1. The van der Waals surface area contributed by atoms with Gasteiger partial charge in [0.15, 0.2) is 0 Å². The SMILES string of the molecule is CC(C)OC(=O)N1CCCC2CCCC21. The maximum atomic E-state index is 11.9. The summed E-state index contributed by atoms with van der Waals surface area (Å²) in [5.74, 6) is 0.749. The normalized spacial score (nSPS) is 30.5. The lowest BCUT2D eigenvalue weighted by Crippen LogP contribution is -2.46. The van der Waals surface area contributed by atoms with Gasteiger partial charge in [-0.2, -0.15) is 0 Å². The van der Waals surface area contributed by atoms with E-state index in [-0.39, 0.29) is 12.2 Å². The van der Waals surface area contributed by atoms with Crippen molar-refractivity contribution < 1.29 is 9.53 Å². The maximum absolute atomic E-state index is 11.9. The topological polar surface area (TPSA) is 29.5 Å². The first kappa shape index (κ1) is 10.8. The molecule has 86 valence electrons. The predicted molar refractivity (Wildman–Crippen MR) is 58.7 cm³/mol. The minimum atomic E-state index is -0.0957. The van der Waals surface area contributed by atoms with Gasteiger partial charge in [0.1, 0.15) is 0 Å². The van der Waals surface area contributed by atoms with Crippen molar-refractivity contribution in [2.75, 3.05) is 6.54 Å². The number of likely N-dealkylation sites (tertiary alicyclic amines) is 1. The van der Waals surface area contributed by atoms with E-state index in [0.717, 1.165) is 18.9 Å². The Hall–Kier alpha value is -0.730. The molecule has 1 aliphatic carbocycles. The summed E-state index contributed by atoms with van der Waals surface area (Å²) in [5, 5.41) is 0. The van der Waals surface area contributed by atoms with Crippen LogP contribution in [0.25, 0.3) is 0 Å². The molecule has 3 nitrogen and oxygen atoms in total. The molecule has 15 heavy (non-hydrogen) atoms. The Kier molecular flexibility index (Phi) is 3.17. The summed E-state index contributed by atoms with van der Waals surface area (Å²) < 4.78 is 5.28. The van der Waals surface area contributed by atoms with Crippen molar-refractivity contribution in [2.24, 2.45) is 5.92 Å². The first-order chi connectivity index (χ1) is 7.18. The van der Waals surface area contributed by atoms with Crippen LogP contribution < -0.4 is 0 Å². The zero-order valence-electron chi connectivity index (χ0n) is 9.74.